The van der Waals surface area contributed by atoms with Crippen molar-refractivity contribution in [3.8, 4) is 0 Å². The molecule has 4 rings (SSSR count). The summed E-state index contributed by atoms with van der Waals surface area (Å²) < 4.78 is 33.1. The van der Waals surface area contributed by atoms with Gasteiger partial charge >= 0.3 is 5.97 Å². The highest BCUT2D eigenvalue weighted by molar-refractivity contribution is 7.90. The number of benzene rings is 2. The van der Waals surface area contributed by atoms with Crippen LogP contribution < -0.4 is 5.32 Å². The first kappa shape index (κ1) is 29.8. The Balaban J connectivity index is 1.70. The average Bonchev–Trinajstić information content (AvgIpc) is 3.76. The van der Waals surface area contributed by atoms with Crippen LogP contribution in [0, 0.1) is 17.8 Å². The number of piperidine rings is 1. The molecule has 1 amide bonds. The number of sulfonamides is 1. The third-order valence-corrected chi connectivity index (χ3v) is 11.2. The number of hydrogen-bond donors (Lipinski definition) is 1. The van der Waals surface area contributed by atoms with Gasteiger partial charge in [0.25, 0.3) is 0 Å². The Labute approximate surface area is 241 Å². The van der Waals surface area contributed by atoms with E-state index in [1.165, 1.54) is 11.4 Å². The molecule has 0 radical (unpaired) electrons. The maximum atomic E-state index is 13.4. The number of nitrogens with one attached hydrogen (secondary N) is 1. The quantitative estimate of drug-likeness (QED) is 0.362. The van der Waals surface area contributed by atoms with E-state index in [4.69, 9.17) is 27.9 Å². The van der Waals surface area contributed by atoms with Crippen molar-refractivity contribution in [2.24, 2.45) is 17.8 Å². The molecule has 0 bridgehead atoms. The van der Waals surface area contributed by atoms with E-state index in [9.17, 15) is 18.0 Å². The summed E-state index contributed by atoms with van der Waals surface area (Å²) in [6, 6.07) is 14.1. The van der Waals surface area contributed by atoms with Crippen LogP contribution in [0.4, 0.5) is 0 Å². The first-order valence-electron chi connectivity index (χ1n) is 13.3. The fourth-order valence-corrected chi connectivity index (χ4v) is 8.02. The number of amides is 1. The molecule has 6 atom stereocenters. The van der Waals surface area contributed by atoms with Gasteiger partial charge in [0.15, 0.2) is 0 Å². The highest BCUT2D eigenvalue weighted by atomic mass is 35.5. The second-order valence-electron chi connectivity index (χ2n) is 10.9. The minimum Gasteiger partial charge on any atom is -0.469 e. The molecule has 1 aliphatic heterocycles. The molecule has 2 aliphatic rings. The number of carbonyl (C=O) groups is 2. The minimum absolute atomic E-state index is 0.00811. The molecule has 1 saturated heterocycles. The Morgan fingerprint density at radius 2 is 1.77 bits per heavy atom. The SMILES string of the molecule is COC(=O)C[C@H]1C[C@H](c2cccc(Cl)c2)[C@H](C(C)C(C)C(c2ccc(Cl)cc2)N(C)S(=O)(=O)C2CC2)NC1=O. The van der Waals surface area contributed by atoms with Crippen LogP contribution in [0.2, 0.25) is 10.0 Å². The maximum Gasteiger partial charge on any atom is 0.306 e. The molecule has 1 aliphatic carbocycles. The fraction of sp³-hybridized carbons (Fsp3) is 0.517. The Morgan fingerprint density at radius 1 is 1.10 bits per heavy atom. The molecule has 1 heterocycles. The van der Waals surface area contributed by atoms with Gasteiger partial charge in [-0.3, -0.25) is 9.59 Å². The smallest absolute Gasteiger partial charge is 0.306 e. The molecule has 212 valence electrons. The summed E-state index contributed by atoms with van der Waals surface area (Å²) in [5, 5.41) is 4.00. The highest BCUT2D eigenvalue weighted by Gasteiger charge is 2.46. The number of ether oxygens (including phenoxy) is 1. The molecule has 2 aromatic carbocycles. The van der Waals surface area contributed by atoms with Gasteiger partial charge in [0, 0.05) is 35.0 Å². The molecule has 0 aromatic heterocycles. The molecule has 1 saturated carbocycles. The van der Waals surface area contributed by atoms with Gasteiger partial charge in [0.05, 0.1) is 24.8 Å². The zero-order chi connectivity index (χ0) is 28.5. The lowest BCUT2D eigenvalue weighted by atomic mass is 9.70. The lowest BCUT2D eigenvalue weighted by Crippen LogP contribution is -2.54. The number of nitrogens with zero attached hydrogens (tertiary/aromatic N) is 1. The molecule has 3 unspecified atom stereocenters. The largest absolute Gasteiger partial charge is 0.469 e. The lowest BCUT2D eigenvalue weighted by molar-refractivity contribution is -0.145. The van der Waals surface area contributed by atoms with Crippen molar-refractivity contribution in [2.75, 3.05) is 14.2 Å². The average molecular weight is 596 g/mol. The van der Waals surface area contributed by atoms with E-state index in [-0.39, 0.29) is 41.4 Å². The van der Waals surface area contributed by atoms with E-state index in [2.05, 4.69) is 5.32 Å². The summed E-state index contributed by atoms with van der Waals surface area (Å²) in [6.07, 6.45) is 1.78. The van der Waals surface area contributed by atoms with Crippen molar-refractivity contribution < 1.29 is 22.7 Å². The molecule has 1 N–H and O–H groups in total. The zero-order valence-electron chi connectivity index (χ0n) is 22.6. The fourth-order valence-electron chi connectivity index (χ4n) is 5.86. The monoisotopic (exact) mass is 594 g/mol. The van der Waals surface area contributed by atoms with E-state index in [0.717, 1.165) is 11.1 Å². The number of halogens is 2. The maximum absolute atomic E-state index is 13.4. The van der Waals surface area contributed by atoms with Crippen LogP contribution in [-0.4, -0.2) is 50.0 Å². The highest BCUT2D eigenvalue weighted by Crippen LogP contribution is 2.44. The molecule has 7 nitrogen and oxygen atoms in total. The summed E-state index contributed by atoms with van der Waals surface area (Å²) in [5.74, 6) is -1.64. The van der Waals surface area contributed by atoms with Crippen LogP contribution in [-0.2, 0) is 24.3 Å². The van der Waals surface area contributed by atoms with E-state index in [1.807, 2.05) is 44.2 Å². The molecular formula is C29H36Cl2N2O5S. The Bertz CT molecular complexity index is 1300. The molecular weight excluding hydrogens is 559 g/mol. The first-order chi connectivity index (χ1) is 18.4. The molecule has 10 heteroatoms. The summed E-state index contributed by atoms with van der Waals surface area (Å²) in [5.41, 5.74) is 1.80. The number of esters is 1. The number of methoxy groups -OCH3 is 1. The van der Waals surface area contributed by atoms with Crippen LogP contribution in [0.25, 0.3) is 0 Å². The first-order valence-corrected chi connectivity index (χ1v) is 15.5. The van der Waals surface area contributed by atoms with Gasteiger partial charge in [-0.05, 0) is 66.5 Å². The topological polar surface area (TPSA) is 92.8 Å². The number of rotatable bonds is 10. The third-order valence-electron chi connectivity index (χ3n) is 8.41. The van der Waals surface area contributed by atoms with Crippen molar-refractivity contribution >= 4 is 45.1 Å². The molecule has 2 fully saturated rings. The van der Waals surface area contributed by atoms with Crippen molar-refractivity contribution in [2.45, 2.75) is 62.8 Å². The van der Waals surface area contributed by atoms with Gasteiger partial charge in [-0.2, -0.15) is 4.31 Å². The van der Waals surface area contributed by atoms with Gasteiger partial charge < -0.3 is 10.1 Å². The van der Waals surface area contributed by atoms with E-state index >= 15 is 0 Å². The standard InChI is InChI=1S/C29H36Cl2N2O5S/c1-17(18(2)28(19-8-10-22(30)11-9-19)33(3)39(36,37)24-12-13-24)27-25(20-6-5-7-23(31)14-20)15-21(29(35)32-27)16-26(34)38-4/h5-11,14,17-18,21,24-25,27-28H,12-13,15-16H2,1-4H3,(H,32,35)/t17?,18?,21-,25-,27+,28?/m1/s1. The lowest BCUT2D eigenvalue weighted by Gasteiger charge is -2.44. The Morgan fingerprint density at radius 3 is 2.36 bits per heavy atom. The Hall–Kier alpha value is -2.13. The summed E-state index contributed by atoms with van der Waals surface area (Å²) in [4.78, 5) is 25.3. The number of hydrogen-bond acceptors (Lipinski definition) is 5. The van der Waals surface area contributed by atoms with Gasteiger partial charge in [-0.1, -0.05) is 61.3 Å². The van der Waals surface area contributed by atoms with Crippen LogP contribution in [0.15, 0.2) is 48.5 Å². The van der Waals surface area contributed by atoms with E-state index in [1.54, 1.807) is 25.2 Å². The number of carbonyl (C=O) groups excluding carboxylic acids is 2. The van der Waals surface area contributed by atoms with Crippen LogP contribution in [0.1, 0.15) is 62.6 Å². The minimum atomic E-state index is -3.50. The third kappa shape index (κ3) is 6.62. The molecule has 39 heavy (non-hydrogen) atoms. The second-order valence-corrected chi connectivity index (χ2v) is 14.0. The molecule has 2 aromatic rings. The summed E-state index contributed by atoms with van der Waals surface area (Å²) in [7, 11) is -0.534. The Kier molecular flexibility index (Phi) is 9.31. The van der Waals surface area contributed by atoms with Gasteiger partial charge in [-0.25, -0.2) is 8.42 Å². The van der Waals surface area contributed by atoms with Crippen molar-refractivity contribution in [3.63, 3.8) is 0 Å². The normalized spacial score (nSPS) is 24.1. The summed E-state index contributed by atoms with van der Waals surface area (Å²) in [6.45, 7) is 4.08. The van der Waals surface area contributed by atoms with Gasteiger partial charge in [0.1, 0.15) is 0 Å². The predicted molar refractivity (Wildman–Crippen MR) is 153 cm³/mol. The van der Waals surface area contributed by atoms with Crippen LogP contribution >= 0.6 is 23.2 Å². The van der Waals surface area contributed by atoms with Crippen LogP contribution in [0.3, 0.4) is 0 Å². The van der Waals surface area contributed by atoms with Crippen molar-refractivity contribution in [1.29, 1.82) is 0 Å². The van der Waals surface area contributed by atoms with E-state index < -0.39 is 28.0 Å². The van der Waals surface area contributed by atoms with Gasteiger partial charge in [-0.15, -0.1) is 0 Å². The second kappa shape index (κ2) is 12.2. The van der Waals surface area contributed by atoms with Gasteiger partial charge in [0.2, 0.25) is 15.9 Å². The predicted octanol–water partition coefficient (Wildman–Crippen LogP) is 5.58. The zero-order valence-corrected chi connectivity index (χ0v) is 25.0. The van der Waals surface area contributed by atoms with Crippen LogP contribution in [0.5, 0.6) is 0 Å². The molecule has 0 spiro atoms. The van der Waals surface area contributed by atoms with E-state index in [0.29, 0.717) is 29.3 Å². The summed E-state index contributed by atoms with van der Waals surface area (Å²) >= 11 is 12.5. The van der Waals surface area contributed by atoms with Crippen molar-refractivity contribution in [1.82, 2.24) is 9.62 Å². The van der Waals surface area contributed by atoms with Crippen molar-refractivity contribution in [3.05, 3.63) is 69.7 Å².